The number of ether oxygens (including phenoxy) is 1. The number of nitrogens with zero attached hydrogens (tertiary/aromatic N) is 2. The lowest BCUT2D eigenvalue weighted by Crippen LogP contribution is -2.48. The molecule has 1 saturated carbocycles. The van der Waals surface area contributed by atoms with Crippen molar-refractivity contribution < 1.29 is 19.4 Å². The fourth-order valence-electron chi connectivity index (χ4n) is 4.38. The minimum absolute atomic E-state index is 0.00406. The fraction of sp³-hybridized carbons (Fsp3) is 0.333. The highest BCUT2D eigenvalue weighted by atomic mass is 16.5. The van der Waals surface area contributed by atoms with E-state index in [0.717, 1.165) is 11.1 Å². The van der Waals surface area contributed by atoms with Gasteiger partial charge in [-0.25, -0.2) is 9.97 Å². The van der Waals surface area contributed by atoms with Gasteiger partial charge in [0, 0.05) is 18.0 Å². The van der Waals surface area contributed by atoms with Crippen LogP contribution < -0.4 is 26.4 Å². The molecule has 0 atom stereocenters. The lowest BCUT2D eigenvalue weighted by molar-refractivity contribution is -0.137. The van der Waals surface area contributed by atoms with Crippen molar-refractivity contribution in [2.24, 2.45) is 0 Å². The van der Waals surface area contributed by atoms with E-state index in [1.165, 1.54) is 0 Å². The van der Waals surface area contributed by atoms with Crippen LogP contribution in [0.1, 0.15) is 31.4 Å². The quantitative estimate of drug-likeness (QED) is 0.386. The van der Waals surface area contributed by atoms with E-state index in [9.17, 15) is 14.7 Å². The predicted molar refractivity (Wildman–Crippen MR) is 127 cm³/mol. The number of anilines is 3. The van der Waals surface area contributed by atoms with Crippen LogP contribution in [-0.4, -0.2) is 45.1 Å². The molecule has 5 rings (SSSR count). The number of aliphatic hydroxyl groups is 1. The second kappa shape index (κ2) is 8.88. The zero-order valence-corrected chi connectivity index (χ0v) is 18.5. The Morgan fingerprint density at radius 1 is 1.18 bits per heavy atom. The number of carbonyl (C=O) groups excluding carboxylic acids is 2. The normalized spacial score (nSPS) is 21.9. The zero-order valence-electron chi connectivity index (χ0n) is 18.5. The molecule has 2 aliphatic rings. The van der Waals surface area contributed by atoms with Crippen LogP contribution in [0.2, 0.25) is 0 Å². The Morgan fingerprint density at radius 3 is 2.82 bits per heavy atom. The summed E-state index contributed by atoms with van der Waals surface area (Å²) in [6.45, 7) is 0.497. The first-order chi connectivity index (χ1) is 16.4. The SMILES string of the molecule is Nc1ccc2cccc(NC(=O)C3(O)CCC(NCc4ccc5c(n4)NC(=O)CO5)CC3)c2n1. The fourth-order valence-corrected chi connectivity index (χ4v) is 4.38. The van der Waals surface area contributed by atoms with E-state index in [1.54, 1.807) is 18.2 Å². The van der Waals surface area contributed by atoms with Gasteiger partial charge in [0.25, 0.3) is 11.8 Å². The molecular weight excluding hydrogens is 436 g/mol. The molecule has 0 radical (unpaired) electrons. The number of nitrogens with one attached hydrogen (secondary N) is 3. The van der Waals surface area contributed by atoms with E-state index in [4.69, 9.17) is 10.5 Å². The molecule has 2 aromatic heterocycles. The molecule has 1 fully saturated rings. The van der Waals surface area contributed by atoms with Gasteiger partial charge >= 0.3 is 0 Å². The number of aromatic nitrogens is 2. The van der Waals surface area contributed by atoms with Crippen molar-refractivity contribution in [1.82, 2.24) is 15.3 Å². The molecule has 6 N–H and O–H groups in total. The first-order valence-corrected chi connectivity index (χ1v) is 11.2. The van der Waals surface area contributed by atoms with Gasteiger partial charge in [0.2, 0.25) is 0 Å². The Balaban J connectivity index is 1.18. The lowest BCUT2D eigenvalue weighted by atomic mass is 9.81. The number of para-hydroxylation sites is 1. The van der Waals surface area contributed by atoms with Gasteiger partial charge < -0.3 is 31.5 Å². The summed E-state index contributed by atoms with van der Waals surface area (Å²) in [6.07, 6.45) is 1.93. The van der Waals surface area contributed by atoms with Crippen LogP contribution in [0.15, 0.2) is 42.5 Å². The Kier molecular flexibility index (Phi) is 5.76. The number of nitrogens with two attached hydrogens (primary N) is 1. The number of carbonyl (C=O) groups is 2. The summed E-state index contributed by atoms with van der Waals surface area (Å²) in [5, 5.41) is 20.9. The van der Waals surface area contributed by atoms with E-state index >= 15 is 0 Å². The molecule has 1 aliphatic carbocycles. The third-order valence-electron chi connectivity index (χ3n) is 6.33. The van der Waals surface area contributed by atoms with Gasteiger partial charge in [-0.05, 0) is 56.0 Å². The van der Waals surface area contributed by atoms with E-state index in [-0.39, 0.29) is 18.6 Å². The number of amides is 2. The molecule has 0 bridgehead atoms. The highest BCUT2D eigenvalue weighted by Crippen LogP contribution is 2.31. The second-order valence-electron chi connectivity index (χ2n) is 8.74. The largest absolute Gasteiger partial charge is 0.480 e. The number of pyridine rings is 2. The smallest absolute Gasteiger partial charge is 0.263 e. The molecule has 10 nitrogen and oxygen atoms in total. The lowest BCUT2D eigenvalue weighted by Gasteiger charge is -2.35. The van der Waals surface area contributed by atoms with Crippen LogP contribution in [0, 0.1) is 0 Å². The summed E-state index contributed by atoms with van der Waals surface area (Å²) in [4.78, 5) is 33.2. The maximum Gasteiger partial charge on any atom is 0.263 e. The van der Waals surface area contributed by atoms with Crippen molar-refractivity contribution in [3.05, 3.63) is 48.2 Å². The molecule has 176 valence electrons. The summed E-state index contributed by atoms with van der Waals surface area (Å²) in [7, 11) is 0. The van der Waals surface area contributed by atoms with Crippen molar-refractivity contribution >= 4 is 40.0 Å². The number of nitrogen functional groups attached to an aromatic ring is 1. The monoisotopic (exact) mass is 462 g/mol. The van der Waals surface area contributed by atoms with Crippen LogP contribution in [0.3, 0.4) is 0 Å². The van der Waals surface area contributed by atoms with Crippen molar-refractivity contribution in [2.75, 3.05) is 23.0 Å². The highest BCUT2D eigenvalue weighted by Gasteiger charge is 2.40. The maximum atomic E-state index is 13.0. The molecule has 3 aromatic rings. The molecule has 3 heterocycles. The summed E-state index contributed by atoms with van der Waals surface area (Å²) in [5.74, 6) is 0.686. The summed E-state index contributed by atoms with van der Waals surface area (Å²) < 4.78 is 5.33. The van der Waals surface area contributed by atoms with Gasteiger partial charge in [0.15, 0.2) is 18.2 Å². The topological polar surface area (TPSA) is 151 Å². The molecule has 10 heteroatoms. The number of benzene rings is 1. The van der Waals surface area contributed by atoms with E-state index in [1.807, 2.05) is 24.3 Å². The number of rotatable bonds is 5. The summed E-state index contributed by atoms with van der Waals surface area (Å²) in [6, 6.07) is 12.8. The second-order valence-corrected chi connectivity index (χ2v) is 8.74. The third kappa shape index (κ3) is 4.50. The van der Waals surface area contributed by atoms with Crippen LogP contribution >= 0.6 is 0 Å². The molecule has 0 spiro atoms. The standard InChI is InChI=1S/C24H26N6O4/c25-19-7-4-14-2-1-3-17(21(14)29-19)28-23(32)24(33)10-8-15(9-11-24)26-12-16-5-6-18-22(27-16)30-20(31)13-34-18/h1-7,15,26,33H,8-13H2,(H2,25,29)(H,28,32)(H,27,30,31). The summed E-state index contributed by atoms with van der Waals surface area (Å²) >= 11 is 0. The van der Waals surface area contributed by atoms with Crippen molar-refractivity contribution in [1.29, 1.82) is 0 Å². The van der Waals surface area contributed by atoms with Crippen molar-refractivity contribution in [3.8, 4) is 5.75 Å². The third-order valence-corrected chi connectivity index (χ3v) is 6.33. The van der Waals surface area contributed by atoms with Gasteiger partial charge in [-0.15, -0.1) is 0 Å². The van der Waals surface area contributed by atoms with Crippen LogP contribution in [0.5, 0.6) is 5.75 Å². The van der Waals surface area contributed by atoms with E-state index in [0.29, 0.717) is 60.8 Å². The van der Waals surface area contributed by atoms with Crippen LogP contribution in [-0.2, 0) is 16.1 Å². The maximum absolute atomic E-state index is 13.0. The van der Waals surface area contributed by atoms with Crippen molar-refractivity contribution in [2.45, 2.75) is 43.9 Å². The average molecular weight is 463 g/mol. The predicted octanol–water partition coefficient (Wildman–Crippen LogP) is 1.94. The Labute approximate surface area is 195 Å². The molecule has 0 unspecified atom stereocenters. The van der Waals surface area contributed by atoms with Gasteiger partial charge in [0.1, 0.15) is 11.4 Å². The molecule has 1 aromatic carbocycles. The highest BCUT2D eigenvalue weighted by molar-refractivity contribution is 6.03. The van der Waals surface area contributed by atoms with Crippen LogP contribution in [0.4, 0.5) is 17.3 Å². The molecule has 34 heavy (non-hydrogen) atoms. The van der Waals surface area contributed by atoms with Crippen LogP contribution in [0.25, 0.3) is 10.9 Å². The Morgan fingerprint density at radius 2 is 2.00 bits per heavy atom. The first kappa shape index (κ1) is 22.1. The zero-order chi connectivity index (χ0) is 23.7. The molecule has 0 saturated heterocycles. The number of hydrogen-bond acceptors (Lipinski definition) is 8. The molecule has 1 aliphatic heterocycles. The average Bonchev–Trinajstić information content (AvgIpc) is 2.84. The van der Waals surface area contributed by atoms with Gasteiger partial charge in [0.05, 0.1) is 16.9 Å². The van der Waals surface area contributed by atoms with Gasteiger partial charge in [-0.1, -0.05) is 12.1 Å². The Hall–Kier alpha value is -3.76. The Bertz CT molecular complexity index is 1260. The van der Waals surface area contributed by atoms with Crippen molar-refractivity contribution in [3.63, 3.8) is 0 Å². The van der Waals surface area contributed by atoms with Gasteiger partial charge in [-0.2, -0.15) is 0 Å². The molecule has 2 amide bonds. The summed E-state index contributed by atoms with van der Waals surface area (Å²) in [5.41, 5.74) is 6.24. The number of hydrogen-bond donors (Lipinski definition) is 5. The van der Waals surface area contributed by atoms with E-state index in [2.05, 4.69) is 25.9 Å². The first-order valence-electron chi connectivity index (χ1n) is 11.2. The van der Waals surface area contributed by atoms with Gasteiger partial charge in [-0.3, -0.25) is 9.59 Å². The molecular formula is C24H26N6O4. The number of fused-ring (bicyclic) bond motifs is 2. The van der Waals surface area contributed by atoms with E-state index < -0.39 is 11.5 Å². The minimum atomic E-state index is -1.45. The minimum Gasteiger partial charge on any atom is -0.480 e.